The Bertz CT molecular complexity index is 691. The first-order valence-electron chi connectivity index (χ1n) is 5.71. The Labute approximate surface area is 112 Å². The first-order chi connectivity index (χ1) is 8.90. The SMILES string of the molecule is Cc1cc(NS(=O)(=O)c2c(C)cccc2N)ccn1. The lowest BCUT2D eigenvalue weighted by atomic mass is 10.2. The van der Waals surface area contributed by atoms with Crippen LogP contribution in [0.1, 0.15) is 11.3 Å². The number of pyridine rings is 1. The van der Waals surface area contributed by atoms with Crippen molar-refractivity contribution in [1.82, 2.24) is 4.98 Å². The van der Waals surface area contributed by atoms with Crippen molar-refractivity contribution in [1.29, 1.82) is 0 Å². The molecule has 2 rings (SSSR count). The molecule has 3 N–H and O–H groups in total. The fraction of sp³-hybridized carbons (Fsp3) is 0.154. The molecule has 0 radical (unpaired) electrons. The maximum atomic E-state index is 12.3. The molecule has 0 aliphatic rings. The molecular weight excluding hydrogens is 262 g/mol. The van der Waals surface area contributed by atoms with Gasteiger partial charge in [0.15, 0.2) is 0 Å². The van der Waals surface area contributed by atoms with Gasteiger partial charge in [-0.25, -0.2) is 8.42 Å². The van der Waals surface area contributed by atoms with Gasteiger partial charge < -0.3 is 5.73 Å². The molecular formula is C13H15N3O2S. The Balaban J connectivity index is 2.44. The van der Waals surface area contributed by atoms with E-state index in [0.717, 1.165) is 5.69 Å². The van der Waals surface area contributed by atoms with Crippen LogP contribution in [0, 0.1) is 13.8 Å². The highest BCUT2D eigenvalue weighted by Crippen LogP contribution is 2.24. The largest absolute Gasteiger partial charge is 0.398 e. The summed E-state index contributed by atoms with van der Waals surface area (Å²) in [6, 6.07) is 8.26. The number of benzene rings is 1. The molecule has 0 fully saturated rings. The molecule has 1 aromatic heterocycles. The number of sulfonamides is 1. The van der Waals surface area contributed by atoms with Crippen LogP contribution in [0.15, 0.2) is 41.4 Å². The average molecular weight is 277 g/mol. The van der Waals surface area contributed by atoms with Gasteiger partial charge in [0.1, 0.15) is 4.90 Å². The normalized spacial score (nSPS) is 11.3. The van der Waals surface area contributed by atoms with E-state index >= 15 is 0 Å². The highest BCUT2D eigenvalue weighted by atomic mass is 32.2. The summed E-state index contributed by atoms with van der Waals surface area (Å²) >= 11 is 0. The van der Waals surface area contributed by atoms with Crippen LogP contribution in [-0.2, 0) is 10.0 Å². The van der Waals surface area contributed by atoms with Crippen LogP contribution in [0.4, 0.5) is 11.4 Å². The Morgan fingerprint density at radius 3 is 2.58 bits per heavy atom. The van der Waals surface area contributed by atoms with Gasteiger partial charge >= 0.3 is 0 Å². The average Bonchev–Trinajstić information content (AvgIpc) is 2.27. The molecule has 0 spiro atoms. The molecule has 0 aliphatic carbocycles. The van der Waals surface area contributed by atoms with Gasteiger partial charge in [0, 0.05) is 11.9 Å². The molecule has 6 heteroatoms. The molecule has 0 unspecified atom stereocenters. The standard InChI is InChI=1S/C13H15N3O2S/c1-9-4-3-5-12(14)13(9)19(17,18)16-11-6-7-15-10(2)8-11/h3-8H,14H2,1-2H3,(H,15,16). The van der Waals surface area contributed by atoms with Crippen LogP contribution in [0.3, 0.4) is 0 Å². The zero-order chi connectivity index (χ0) is 14.0. The van der Waals surface area contributed by atoms with E-state index in [1.54, 1.807) is 50.4 Å². The number of hydrogen-bond acceptors (Lipinski definition) is 4. The number of nitrogens with two attached hydrogens (primary N) is 1. The van der Waals surface area contributed by atoms with Crippen molar-refractivity contribution in [2.24, 2.45) is 0 Å². The molecule has 1 heterocycles. The first kappa shape index (κ1) is 13.4. The fourth-order valence-electron chi connectivity index (χ4n) is 1.86. The van der Waals surface area contributed by atoms with Crippen LogP contribution in [0.2, 0.25) is 0 Å². The number of nitrogens with one attached hydrogen (secondary N) is 1. The molecule has 19 heavy (non-hydrogen) atoms. The van der Waals surface area contributed by atoms with Crippen LogP contribution < -0.4 is 10.5 Å². The van der Waals surface area contributed by atoms with Crippen molar-refractivity contribution in [3.63, 3.8) is 0 Å². The summed E-state index contributed by atoms with van der Waals surface area (Å²) < 4.78 is 27.2. The quantitative estimate of drug-likeness (QED) is 0.841. The van der Waals surface area contributed by atoms with Crippen molar-refractivity contribution < 1.29 is 8.42 Å². The predicted molar refractivity (Wildman–Crippen MR) is 75.4 cm³/mol. The van der Waals surface area contributed by atoms with Crippen molar-refractivity contribution in [2.45, 2.75) is 18.7 Å². The Hall–Kier alpha value is -2.08. The summed E-state index contributed by atoms with van der Waals surface area (Å²) in [5.74, 6) is 0. The van der Waals surface area contributed by atoms with Crippen LogP contribution in [0.25, 0.3) is 0 Å². The van der Waals surface area contributed by atoms with E-state index in [9.17, 15) is 8.42 Å². The predicted octanol–water partition coefficient (Wildman–Crippen LogP) is 2.08. The fourth-order valence-corrected chi connectivity index (χ4v) is 3.27. The first-order valence-corrected chi connectivity index (χ1v) is 7.19. The lowest BCUT2D eigenvalue weighted by molar-refractivity contribution is 0.601. The van der Waals surface area contributed by atoms with Crippen molar-refractivity contribution in [3.8, 4) is 0 Å². The van der Waals surface area contributed by atoms with E-state index in [0.29, 0.717) is 11.3 Å². The lowest BCUT2D eigenvalue weighted by Crippen LogP contribution is -2.16. The second kappa shape index (κ2) is 4.89. The zero-order valence-corrected chi connectivity index (χ0v) is 11.5. The maximum absolute atomic E-state index is 12.3. The summed E-state index contributed by atoms with van der Waals surface area (Å²) in [6.07, 6.45) is 1.55. The van der Waals surface area contributed by atoms with Gasteiger partial charge in [0.25, 0.3) is 10.0 Å². The van der Waals surface area contributed by atoms with E-state index < -0.39 is 10.0 Å². The number of aryl methyl sites for hydroxylation is 2. The lowest BCUT2D eigenvalue weighted by Gasteiger charge is -2.12. The Morgan fingerprint density at radius 1 is 1.21 bits per heavy atom. The number of hydrogen-bond donors (Lipinski definition) is 2. The second-order valence-electron chi connectivity index (χ2n) is 4.28. The van der Waals surface area contributed by atoms with Gasteiger partial charge in [0.2, 0.25) is 0 Å². The Morgan fingerprint density at radius 2 is 1.95 bits per heavy atom. The molecule has 0 saturated heterocycles. The van der Waals surface area contributed by atoms with Crippen molar-refractivity contribution in [3.05, 3.63) is 47.8 Å². The molecule has 2 aromatic rings. The van der Waals surface area contributed by atoms with Crippen LogP contribution >= 0.6 is 0 Å². The number of aromatic nitrogens is 1. The zero-order valence-electron chi connectivity index (χ0n) is 10.7. The summed E-state index contributed by atoms with van der Waals surface area (Å²) in [5.41, 5.74) is 7.81. The minimum atomic E-state index is -3.69. The topological polar surface area (TPSA) is 85.1 Å². The summed E-state index contributed by atoms with van der Waals surface area (Å²) in [7, 11) is -3.69. The van der Waals surface area contributed by atoms with E-state index in [2.05, 4.69) is 9.71 Å². The van der Waals surface area contributed by atoms with E-state index in [-0.39, 0.29) is 10.6 Å². The van der Waals surface area contributed by atoms with Gasteiger partial charge in [-0.2, -0.15) is 0 Å². The molecule has 0 aliphatic heterocycles. The summed E-state index contributed by atoms with van der Waals surface area (Å²) in [5, 5.41) is 0. The third kappa shape index (κ3) is 2.85. The summed E-state index contributed by atoms with van der Waals surface area (Å²) in [6.45, 7) is 3.50. The second-order valence-corrected chi connectivity index (χ2v) is 5.90. The molecule has 5 nitrogen and oxygen atoms in total. The number of nitrogen functional groups attached to an aromatic ring is 1. The van der Waals surface area contributed by atoms with Crippen molar-refractivity contribution in [2.75, 3.05) is 10.5 Å². The van der Waals surface area contributed by atoms with Gasteiger partial charge in [-0.3, -0.25) is 9.71 Å². The molecule has 0 atom stereocenters. The summed E-state index contributed by atoms with van der Waals surface area (Å²) in [4.78, 5) is 4.13. The van der Waals surface area contributed by atoms with Crippen molar-refractivity contribution >= 4 is 21.4 Å². The number of rotatable bonds is 3. The highest BCUT2D eigenvalue weighted by Gasteiger charge is 2.19. The molecule has 0 bridgehead atoms. The minimum absolute atomic E-state index is 0.115. The minimum Gasteiger partial charge on any atom is -0.398 e. The Kier molecular flexibility index (Phi) is 3.44. The molecule has 100 valence electrons. The molecule has 0 saturated carbocycles. The molecule has 0 amide bonds. The number of anilines is 2. The van der Waals surface area contributed by atoms with Gasteiger partial charge in [0.05, 0.1) is 11.4 Å². The number of nitrogens with zero attached hydrogens (tertiary/aromatic N) is 1. The maximum Gasteiger partial charge on any atom is 0.264 e. The van der Waals surface area contributed by atoms with Gasteiger partial charge in [-0.15, -0.1) is 0 Å². The van der Waals surface area contributed by atoms with E-state index in [4.69, 9.17) is 5.73 Å². The van der Waals surface area contributed by atoms with Gasteiger partial charge in [-0.1, -0.05) is 12.1 Å². The van der Waals surface area contributed by atoms with E-state index in [1.165, 1.54) is 0 Å². The monoisotopic (exact) mass is 277 g/mol. The third-order valence-electron chi connectivity index (χ3n) is 2.66. The van der Waals surface area contributed by atoms with Gasteiger partial charge in [-0.05, 0) is 37.6 Å². The third-order valence-corrected chi connectivity index (χ3v) is 4.26. The molecule has 1 aromatic carbocycles. The smallest absolute Gasteiger partial charge is 0.264 e. The van der Waals surface area contributed by atoms with Crippen LogP contribution in [-0.4, -0.2) is 13.4 Å². The van der Waals surface area contributed by atoms with Crippen LogP contribution in [0.5, 0.6) is 0 Å². The highest BCUT2D eigenvalue weighted by molar-refractivity contribution is 7.93. The van der Waals surface area contributed by atoms with E-state index in [1.807, 2.05) is 0 Å².